The maximum atomic E-state index is 12.8. The number of benzene rings is 2. The van der Waals surface area contributed by atoms with Gasteiger partial charge in [0.1, 0.15) is 0 Å². The summed E-state index contributed by atoms with van der Waals surface area (Å²) < 4.78 is 38.4. The maximum Gasteiger partial charge on any atom is 0.244 e. The van der Waals surface area contributed by atoms with Gasteiger partial charge in [0.05, 0.1) is 24.7 Å². The van der Waals surface area contributed by atoms with Crippen LogP contribution < -0.4 is 0 Å². The minimum atomic E-state index is -3.54. The molecular weight excluding hydrogens is 290 g/mol. The smallest absolute Gasteiger partial charge is 0.244 e. The molecule has 0 bridgehead atoms. The van der Waals surface area contributed by atoms with Crippen molar-refractivity contribution in [3.8, 4) is 0 Å². The Labute approximate surface area is 123 Å². The lowest BCUT2D eigenvalue weighted by molar-refractivity contribution is -0.174. The highest BCUT2D eigenvalue weighted by Crippen LogP contribution is 2.44. The minimum Gasteiger partial charge on any atom is -0.342 e. The summed E-state index contributed by atoms with van der Waals surface area (Å²) in [6, 6.07) is 11.2. The van der Waals surface area contributed by atoms with Crippen LogP contribution in [0.15, 0.2) is 41.3 Å². The van der Waals surface area contributed by atoms with Crippen molar-refractivity contribution in [1.82, 2.24) is 4.31 Å². The molecule has 0 saturated carbocycles. The molecule has 110 valence electrons. The van der Waals surface area contributed by atoms with Gasteiger partial charge >= 0.3 is 0 Å². The first-order valence-electron chi connectivity index (χ1n) is 6.81. The molecule has 2 heterocycles. The van der Waals surface area contributed by atoms with Gasteiger partial charge in [0.15, 0.2) is 0 Å². The van der Waals surface area contributed by atoms with Crippen LogP contribution >= 0.6 is 0 Å². The molecule has 0 atom stereocenters. The molecule has 0 amide bonds. The van der Waals surface area contributed by atoms with Crippen LogP contribution in [0.2, 0.25) is 0 Å². The molecule has 21 heavy (non-hydrogen) atoms. The summed E-state index contributed by atoms with van der Waals surface area (Å²) in [6.07, 6.45) is 0. The van der Waals surface area contributed by atoms with Crippen molar-refractivity contribution in [2.45, 2.75) is 10.7 Å². The molecule has 0 radical (unpaired) electrons. The normalized spacial score (nSPS) is 23.5. The molecule has 2 aromatic rings. The predicted octanol–water partition coefficient (Wildman–Crippen LogP) is 1.67. The molecule has 6 heteroatoms. The average molecular weight is 305 g/mol. The third-order valence-electron chi connectivity index (χ3n) is 4.14. The Morgan fingerprint density at radius 3 is 2.57 bits per heavy atom. The lowest BCUT2D eigenvalue weighted by atomic mass is 10.00. The molecule has 0 aliphatic carbocycles. The number of nitrogens with zero attached hydrogens (tertiary/aromatic N) is 1. The zero-order chi connectivity index (χ0) is 14.7. The Morgan fingerprint density at radius 2 is 1.81 bits per heavy atom. The molecule has 1 spiro atoms. The summed E-state index contributed by atoms with van der Waals surface area (Å²) in [6.45, 7) is 1.13. The van der Waals surface area contributed by atoms with Gasteiger partial charge in [0.2, 0.25) is 15.8 Å². The third-order valence-corrected chi connectivity index (χ3v) is 6.05. The first-order chi connectivity index (χ1) is 10.0. The van der Waals surface area contributed by atoms with E-state index in [0.717, 1.165) is 5.39 Å². The van der Waals surface area contributed by atoms with Crippen LogP contribution in [0.3, 0.4) is 0 Å². The van der Waals surface area contributed by atoms with E-state index in [2.05, 4.69) is 0 Å². The monoisotopic (exact) mass is 305 g/mol. The van der Waals surface area contributed by atoms with E-state index >= 15 is 0 Å². The number of ether oxygens (including phenoxy) is 2. The van der Waals surface area contributed by atoms with Crippen molar-refractivity contribution >= 4 is 20.8 Å². The van der Waals surface area contributed by atoms with E-state index < -0.39 is 15.8 Å². The Hall–Kier alpha value is -1.47. The fourth-order valence-corrected chi connectivity index (χ4v) is 4.76. The van der Waals surface area contributed by atoms with Crippen molar-refractivity contribution in [1.29, 1.82) is 0 Å². The predicted molar refractivity (Wildman–Crippen MR) is 77.3 cm³/mol. The largest absolute Gasteiger partial charge is 0.342 e. The van der Waals surface area contributed by atoms with E-state index in [0.29, 0.717) is 29.1 Å². The third kappa shape index (κ3) is 1.70. The second-order valence-electron chi connectivity index (χ2n) is 5.37. The first kappa shape index (κ1) is 13.2. The number of hydrogen-bond donors (Lipinski definition) is 0. The van der Waals surface area contributed by atoms with Crippen LogP contribution in [-0.2, 0) is 25.3 Å². The molecule has 2 aliphatic rings. The summed E-state index contributed by atoms with van der Waals surface area (Å²) in [5, 5.41) is 1.60. The second kappa shape index (κ2) is 4.27. The van der Waals surface area contributed by atoms with E-state index in [4.69, 9.17) is 9.47 Å². The van der Waals surface area contributed by atoms with E-state index in [1.54, 1.807) is 7.05 Å². The number of fused-ring (bicyclic) bond motifs is 4. The van der Waals surface area contributed by atoms with Gasteiger partial charge in [0.25, 0.3) is 0 Å². The van der Waals surface area contributed by atoms with Gasteiger partial charge in [-0.15, -0.1) is 0 Å². The van der Waals surface area contributed by atoms with E-state index in [-0.39, 0.29) is 6.54 Å². The van der Waals surface area contributed by atoms with Gasteiger partial charge in [-0.25, -0.2) is 8.42 Å². The van der Waals surface area contributed by atoms with Gasteiger partial charge in [0, 0.05) is 18.0 Å². The van der Waals surface area contributed by atoms with Crippen LogP contribution in [0.5, 0.6) is 0 Å². The molecular formula is C15H15NO4S. The summed E-state index contributed by atoms with van der Waals surface area (Å²) in [5.74, 6) is -0.973. The SMILES string of the molecule is CN1CC2(OCCO2)c2ccc3ccccc3c2S1(=O)=O. The van der Waals surface area contributed by atoms with Gasteiger partial charge in [-0.1, -0.05) is 36.4 Å². The van der Waals surface area contributed by atoms with Crippen LogP contribution in [0, 0.1) is 0 Å². The lowest BCUT2D eigenvalue weighted by Gasteiger charge is -2.38. The fraction of sp³-hybridized carbons (Fsp3) is 0.333. The maximum absolute atomic E-state index is 12.8. The van der Waals surface area contributed by atoms with Gasteiger partial charge in [-0.05, 0) is 5.39 Å². The highest BCUT2D eigenvalue weighted by atomic mass is 32.2. The summed E-state index contributed by atoms with van der Waals surface area (Å²) in [7, 11) is -1.98. The van der Waals surface area contributed by atoms with Crippen LogP contribution in [0.25, 0.3) is 10.8 Å². The molecule has 1 saturated heterocycles. The molecule has 4 rings (SSSR count). The summed E-state index contributed by atoms with van der Waals surface area (Å²) in [5.41, 5.74) is 0.608. The highest BCUT2D eigenvalue weighted by Gasteiger charge is 2.50. The van der Waals surface area contributed by atoms with Gasteiger partial charge in [-0.3, -0.25) is 0 Å². The quantitative estimate of drug-likeness (QED) is 0.743. The first-order valence-corrected chi connectivity index (χ1v) is 8.25. The van der Waals surface area contributed by atoms with Crippen molar-refractivity contribution < 1.29 is 17.9 Å². The molecule has 0 aromatic heterocycles. The molecule has 0 unspecified atom stereocenters. The van der Waals surface area contributed by atoms with Crippen molar-refractivity contribution in [3.63, 3.8) is 0 Å². The van der Waals surface area contributed by atoms with E-state index in [9.17, 15) is 8.42 Å². The lowest BCUT2D eigenvalue weighted by Crippen LogP contribution is -2.48. The van der Waals surface area contributed by atoms with Crippen molar-refractivity contribution in [3.05, 3.63) is 42.0 Å². The topological polar surface area (TPSA) is 55.8 Å². The van der Waals surface area contributed by atoms with Crippen LogP contribution in [0.4, 0.5) is 0 Å². The standard InChI is InChI=1S/C15H15NO4S/c1-16-10-15(19-8-9-20-15)13-7-6-11-4-2-3-5-12(11)14(13)21(16,17)18/h2-7H,8-10H2,1H3. The number of likely N-dealkylation sites (N-methyl/N-ethyl adjacent to an activating group) is 1. The van der Waals surface area contributed by atoms with Crippen molar-refractivity contribution in [2.75, 3.05) is 26.8 Å². The summed E-state index contributed by atoms with van der Waals surface area (Å²) in [4.78, 5) is 0.302. The summed E-state index contributed by atoms with van der Waals surface area (Å²) >= 11 is 0. The molecule has 5 nitrogen and oxygen atoms in total. The minimum absolute atomic E-state index is 0.181. The molecule has 1 fully saturated rings. The van der Waals surface area contributed by atoms with E-state index in [1.165, 1.54) is 4.31 Å². The Balaban J connectivity index is 2.13. The fourth-order valence-electron chi connectivity index (χ4n) is 3.14. The second-order valence-corrected chi connectivity index (χ2v) is 7.36. The zero-order valence-electron chi connectivity index (χ0n) is 11.6. The number of hydrogen-bond acceptors (Lipinski definition) is 4. The average Bonchev–Trinajstić information content (AvgIpc) is 2.94. The number of rotatable bonds is 0. The highest BCUT2D eigenvalue weighted by molar-refractivity contribution is 7.89. The Kier molecular flexibility index (Phi) is 2.68. The Bertz CT molecular complexity index is 825. The Morgan fingerprint density at radius 1 is 1.10 bits per heavy atom. The molecule has 2 aliphatic heterocycles. The number of sulfonamides is 1. The zero-order valence-corrected chi connectivity index (χ0v) is 12.4. The van der Waals surface area contributed by atoms with Crippen LogP contribution in [-0.4, -0.2) is 39.5 Å². The van der Waals surface area contributed by atoms with Gasteiger partial charge < -0.3 is 9.47 Å². The molecule has 2 aromatic carbocycles. The van der Waals surface area contributed by atoms with Crippen molar-refractivity contribution in [2.24, 2.45) is 0 Å². The molecule has 0 N–H and O–H groups in total. The van der Waals surface area contributed by atoms with Gasteiger partial charge in [-0.2, -0.15) is 4.31 Å². The van der Waals surface area contributed by atoms with Crippen LogP contribution in [0.1, 0.15) is 5.56 Å². The van der Waals surface area contributed by atoms with E-state index in [1.807, 2.05) is 36.4 Å².